The lowest BCUT2D eigenvalue weighted by Crippen LogP contribution is -2.27. The van der Waals surface area contributed by atoms with Crippen LogP contribution in [0.15, 0.2) is 33.6 Å². The number of ether oxygens (including phenoxy) is 1. The van der Waals surface area contributed by atoms with E-state index in [2.05, 4.69) is 10.3 Å². The van der Waals surface area contributed by atoms with Crippen LogP contribution in [-0.2, 0) is 6.54 Å². The molecule has 0 fully saturated rings. The first-order valence-corrected chi connectivity index (χ1v) is 7.17. The SMILES string of the molecule is COc1cccc(C(O)Cn2nc(C)c3c(C)onc3c2=O)c1. The first-order chi connectivity index (χ1) is 11.0. The van der Waals surface area contributed by atoms with Crippen molar-refractivity contribution in [1.82, 2.24) is 14.9 Å². The number of fused-ring (bicyclic) bond motifs is 1. The highest BCUT2D eigenvalue weighted by Crippen LogP contribution is 2.21. The van der Waals surface area contributed by atoms with E-state index in [-0.39, 0.29) is 17.6 Å². The van der Waals surface area contributed by atoms with Crippen LogP contribution >= 0.6 is 0 Å². The zero-order valence-corrected chi connectivity index (χ0v) is 13.1. The van der Waals surface area contributed by atoms with Gasteiger partial charge < -0.3 is 14.4 Å². The number of hydrogen-bond donors (Lipinski definition) is 1. The van der Waals surface area contributed by atoms with Crippen molar-refractivity contribution in [3.63, 3.8) is 0 Å². The van der Waals surface area contributed by atoms with Gasteiger partial charge in [-0.15, -0.1) is 0 Å². The molecule has 1 N–H and O–H groups in total. The quantitative estimate of drug-likeness (QED) is 0.788. The number of aliphatic hydroxyl groups excluding tert-OH is 1. The molecule has 2 aromatic heterocycles. The van der Waals surface area contributed by atoms with E-state index in [1.165, 1.54) is 4.68 Å². The number of rotatable bonds is 4. The molecule has 0 saturated heterocycles. The Morgan fingerprint density at radius 1 is 1.39 bits per heavy atom. The lowest BCUT2D eigenvalue weighted by molar-refractivity contribution is 0.149. The van der Waals surface area contributed by atoms with Gasteiger partial charge in [0, 0.05) is 0 Å². The monoisotopic (exact) mass is 315 g/mol. The molecule has 23 heavy (non-hydrogen) atoms. The highest BCUT2D eigenvalue weighted by Gasteiger charge is 2.17. The second-order valence-electron chi connectivity index (χ2n) is 5.33. The van der Waals surface area contributed by atoms with Gasteiger partial charge in [0.15, 0.2) is 5.52 Å². The third kappa shape index (κ3) is 2.70. The molecule has 0 radical (unpaired) electrons. The molecule has 7 nitrogen and oxygen atoms in total. The minimum atomic E-state index is -0.889. The molecule has 0 saturated carbocycles. The maximum Gasteiger partial charge on any atom is 0.296 e. The molecule has 7 heteroatoms. The Morgan fingerprint density at radius 2 is 2.17 bits per heavy atom. The van der Waals surface area contributed by atoms with Crippen LogP contribution in [0.3, 0.4) is 0 Å². The van der Waals surface area contributed by atoms with Crippen LogP contribution < -0.4 is 10.3 Å². The maximum atomic E-state index is 12.4. The topological polar surface area (TPSA) is 90.4 Å². The average Bonchev–Trinajstić information content (AvgIpc) is 2.95. The molecular formula is C16H17N3O4. The number of aliphatic hydroxyl groups is 1. The molecule has 0 aliphatic heterocycles. The van der Waals surface area contributed by atoms with E-state index in [1.807, 2.05) is 0 Å². The third-order valence-electron chi connectivity index (χ3n) is 3.76. The molecule has 0 spiro atoms. The van der Waals surface area contributed by atoms with Gasteiger partial charge in [0.05, 0.1) is 30.8 Å². The summed E-state index contributed by atoms with van der Waals surface area (Å²) in [6, 6.07) is 7.06. The van der Waals surface area contributed by atoms with E-state index in [1.54, 1.807) is 45.2 Å². The van der Waals surface area contributed by atoms with Crippen LogP contribution in [0.5, 0.6) is 5.75 Å². The van der Waals surface area contributed by atoms with Gasteiger partial charge in [-0.1, -0.05) is 17.3 Å². The zero-order valence-electron chi connectivity index (χ0n) is 13.1. The van der Waals surface area contributed by atoms with Crippen molar-refractivity contribution in [3.05, 3.63) is 51.6 Å². The van der Waals surface area contributed by atoms with Crippen molar-refractivity contribution in [2.24, 2.45) is 0 Å². The van der Waals surface area contributed by atoms with Crippen molar-refractivity contribution >= 4 is 10.9 Å². The predicted molar refractivity (Wildman–Crippen MR) is 83.5 cm³/mol. The van der Waals surface area contributed by atoms with Gasteiger partial charge >= 0.3 is 0 Å². The number of nitrogens with zero attached hydrogens (tertiary/aromatic N) is 3. The Labute approximate surface area is 132 Å². The van der Waals surface area contributed by atoms with Crippen LogP contribution in [-0.4, -0.2) is 27.2 Å². The molecule has 120 valence electrons. The molecule has 3 aromatic rings. The predicted octanol–water partition coefficient (Wildman–Crippen LogP) is 1.74. The summed E-state index contributed by atoms with van der Waals surface area (Å²) in [4.78, 5) is 12.4. The highest BCUT2D eigenvalue weighted by molar-refractivity contribution is 5.81. The van der Waals surface area contributed by atoms with Gasteiger partial charge in [0.2, 0.25) is 0 Å². The normalized spacial score (nSPS) is 12.5. The molecule has 1 atom stereocenters. The molecule has 3 rings (SSSR count). The first-order valence-electron chi connectivity index (χ1n) is 7.17. The van der Waals surface area contributed by atoms with Crippen LogP contribution in [0.4, 0.5) is 0 Å². The molecule has 0 aliphatic rings. The largest absolute Gasteiger partial charge is 0.497 e. The minimum absolute atomic E-state index is 0.0225. The van der Waals surface area contributed by atoms with Gasteiger partial charge in [-0.3, -0.25) is 4.79 Å². The Hall–Kier alpha value is -2.67. The summed E-state index contributed by atoms with van der Waals surface area (Å²) in [7, 11) is 1.56. The van der Waals surface area contributed by atoms with Gasteiger partial charge in [-0.05, 0) is 31.5 Å². The van der Waals surface area contributed by atoms with Crippen LogP contribution in [0.1, 0.15) is 23.1 Å². The minimum Gasteiger partial charge on any atom is -0.497 e. The Balaban J connectivity index is 1.98. The number of methoxy groups -OCH3 is 1. The van der Waals surface area contributed by atoms with Crippen molar-refractivity contribution < 1.29 is 14.4 Å². The second-order valence-corrected chi connectivity index (χ2v) is 5.33. The maximum absolute atomic E-state index is 12.4. The number of hydrogen-bond acceptors (Lipinski definition) is 6. The lowest BCUT2D eigenvalue weighted by atomic mass is 10.1. The molecule has 0 amide bonds. The van der Waals surface area contributed by atoms with Gasteiger partial charge in [-0.2, -0.15) is 5.10 Å². The van der Waals surface area contributed by atoms with E-state index >= 15 is 0 Å². The lowest BCUT2D eigenvalue weighted by Gasteiger charge is -2.13. The van der Waals surface area contributed by atoms with Crippen molar-refractivity contribution in [3.8, 4) is 5.75 Å². The third-order valence-corrected chi connectivity index (χ3v) is 3.76. The van der Waals surface area contributed by atoms with Crippen LogP contribution in [0.25, 0.3) is 10.9 Å². The fourth-order valence-electron chi connectivity index (χ4n) is 2.58. The molecule has 0 aliphatic carbocycles. The molecule has 1 unspecified atom stereocenters. The standard InChI is InChI=1S/C16H17N3O4/c1-9-14-10(2)23-18-15(14)16(21)19(17-9)8-13(20)11-5-4-6-12(7-11)22-3/h4-7,13,20H,8H2,1-3H3. The van der Waals surface area contributed by atoms with Crippen molar-refractivity contribution in [1.29, 1.82) is 0 Å². The summed E-state index contributed by atoms with van der Waals surface area (Å²) in [5.74, 6) is 1.20. The van der Waals surface area contributed by atoms with E-state index in [9.17, 15) is 9.90 Å². The Morgan fingerprint density at radius 3 is 2.91 bits per heavy atom. The van der Waals surface area contributed by atoms with Crippen molar-refractivity contribution in [2.75, 3.05) is 7.11 Å². The molecule has 1 aromatic carbocycles. The summed E-state index contributed by atoms with van der Waals surface area (Å²) in [6.07, 6.45) is -0.889. The van der Waals surface area contributed by atoms with E-state index in [0.29, 0.717) is 28.2 Å². The second kappa shape index (κ2) is 5.85. The summed E-state index contributed by atoms with van der Waals surface area (Å²) in [6.45, 7) is 3.54. The van der Waals surface area contributed by atoms with E-state index < -0.39 is 6.10 Å². The molecular weight excluding hydrogens is 298 g/mol. The fraction of sp³-hybridized carbons (Fsp3) is 0.312. The summed E-state index contributed by atoms with van der Waals surface area (Å²) < 4.78 is 11.4. The van der Waals surface area contributed by atoms with Crippen LogP contribution in [0.2, 0.25) is 0 Å². The molecule has 2 heterocycles. The highest BCUT2D eigenvalue weighted by atomic mass is 16.5. The summed E-state index contributed by atoms with van der Waals surface area (Å²) in [5, 5.41) is 19.1. The van der Waals surface area contributed by atoms with Gasteiger partial charge in [-0.25, -0.2) is 4.68 Å². The van der Waals surface area contributed by atoms with E-state index in [0.717, 1.165) is 0 Å². The number of benzene rings is 1. The van der Waals surface area contributed by atoms with Crippen molar-refractivity contribution in [2.45, 2.75) is 26.5 Å². The summed E-state index contributed by atoms with van der Waals surface area (Å²) in [5.41, 5.74) is 1.13. The zero-order chi connectivity index (χ0) is 16.6. The first kappa shape index (κ1) is 15.2. The number of aryl methyl sites for hydroxylation is 2. The number of aromatic nitrogens is 3. The van der Waals surface area contributed by atoms with Gasteiger partial charge in [0.1, 0.15) is 11.5 Å². The smallest absolute Gasteiger partial charge is 0.296 e. The Bertz CT molecular complexity index is 913. The van der Waals surface area contributed by atoms with Crippen LogP contribution in [0, 0.1) is 13.8 Å². The van der Waals surface area contributed by atoms with E-state index in [4.69, 9.17) is 9.26 Å². The fourth-order valence-corrected chi connectivity index (χ4v) is 2.58. The molecule has 0 bridgehead atoms. The summed E-state index contributed by atoms with van der Waals surface area (Å²) >= 11 is 0. The Kier molecular flexibility index (Phi) is 3.87. The average molecular weight is 315 g/mol. The van der Waals surface area contributed by atoms with Gasteiger partial charge in [0.25, 0.3) is 5.56 Å².